The lowest BCUT2D eigenvalue weighted by molar-refractivity contribution is -0.125. The minimum Gasteiger partial charge on any atom is -0.299 e. The fraction of sp³-hybridized carbons (Fsp3) is 0.700. The minimum atomic E-state index is -0.130. The third-order valence-corrected chi connectivity index (χ3v) is 1.16. The van der Waals surface area contributed by atoms with Gasteiger partial charge in [-0.2, -0.15) is 0 Å². The van der Waals surface area contributed by atoms with E-state index in [0.29, 0.717) is 12.2 Å². The van der Waals surface area contributed by atoms with Crippen molar-refractivity contribution in [1.82, 2.24) is 0 Å². The normalized spacial score (nSPS) is 9.09. The molecule has 1 heteroatoms. The number of rotatable bonds is 1. The summed E-state index contributed by atoms with van der Waals surface area (Å²) < 4.78 is 0. The van der Waals surface area contributed by atoms with Gasteiger partial charge in [-0.05, 0) is 6.92 Å². The zero-order chi connectivity index (χ0) is 9.49. The van der Waals surface area contributed by atoms with E-state index in [4.69, 9.17) is 0 Å². The van der Waals surface area contributed by atoms with E-state index in [1.165, 1.54) is 0 Å². The Hall–Kier alpha value is -0.770. The van der Waals surface area contributed by atoms with Gasteiger partial charge in [0.2, 0.25) is 0 Å². The number of terminal acetylenes is 1. The number of carbonyl (C=O) groups is 1. The maximum absolute atomic E-state index is 10.8. The molecule has 11 heavy (non-hydrogen) atoms. The van der Waals surface area contributed by atoms with Gasteiger partial charge in [0.1, 0.15) is 5.78 Å². The predicted octanol–water partition coefficient (Wildman–Crippen LogP) is 2.65. The zero-order valence-corrected chi connectivity index (χ0v) is 8.19. The van der Waals surface area contributed by atoms with Crippen LogP contribution in [0.5, 0.6) is 0 Å². The number of carbonyl (C=O) groups excluding carboxylic acids is 1. The van der Waals surface area contributed by atoms with Gasteiger partial charge < -0.3 is 0 Å². The van der Waals surface area contributed by atoms with Crippen molar-refractivity contribution in [3.63, 3.8) is 0 Å². The fourth-order valence-electron chi connectivity index (χ4n) is 0.530. The van der Waals surface area contributed by atoms with Crippen LogP contribution < -0.4 is 0 Å². The van der Waals surface area contributed by atoms with Crippen molar-refractivity contribution < 1.29 is 4.79 Å². The Bertz CT molecular complexity index is 143. The molecule has 0 unspecified atom stereocenters. The van der Waals surface area contributed by atoms with Gasteiger partial charge in [-0.1, -0.05) is 27.7 Å². The Labute approximate surface area is 70.2 Å². The highest BCUT2D eigenvalue weighted by Crippen LogP contribution is 2.15. The smallest absolute Gasteiger partial charge is 0.137 e. The molecule has 1 nitrogen and oxygen atoms in total. The summed E-state index contributed by atoms with van der Waals surface area (Å²) in [5.41, 5.74) is -0.130. The lowest BCUT2D eigenvalue weighted by atomic mass is 9.90. The van der Waals surface area contributed by atoms with Gasteiger partial charge in [0.05, 0.1) is 0 Å². The van der Waals surface area contributed by atoms with E-state index >= 15 is 0 Å². The summed E-state index contributed by atoms with van der Waals surface area (Å²) in [6.45, 7) is 9.38. The molecule has 0 N–H and O–H groups in total. The van der Waals surface area contributed by atoms with E-state index in [2.05, 4.69) is 12.3 Å². The number of hydrogen-bond acceptors (Lipinski definition) is 1. The molecule has 64 valence electrons. The van der Waals surface area contributed by atoms with Gasteiger partial charge in [-0.25, -0.2) is 0 Å². The summed E-state index contributed by atoms with van der Waals surface area (Å²) in [5.74, 6) is 2.58. The van der Waals surface area contributed by atoms with Crippen molar-refractivity contribution in [3.05, 3.63) is 0 Å². The van der Waals surface area contributed by atoms with Gasteiger partial charge in [0.15, 0.2) is 0 Å². The summed E-state index contributed by atoms with van der Waals surface area (Å²) in [5, 5.41) is 0. The number of ketones is 1. The van der Waals surface area contributed by atoms with E-state index in [1.807, 2.05) is 27.7 Å². The monoisotopic (exact) mass is 154 g/mol. The van der Waals surface area contributed by atoms with Crippen molar-refractivity contribution in [3.8, 4) is 12.3 Å². The highest BCUT2D eigenvalue weighted by atomic mass is 16.1. The van der Waals surface area contributed by atoms with Crippen LogP contribution >= 0.6 is 0 Å². The molecule has 0 spiro atoms. The topological polar surface area (TPSA) is 17.1 Å². The van der Waals surface area contributed by atoms with Crippen LogP contribution in [0, 0.1) is 17.8 Å². The molecule has 0 aromatic rings. The Balaban J connectivity index is 0. The van der Waals surface area contributed by atoms with Crippen LogP contribution in [0.3, 0.4) is 0 Å². The number of Topliss-reactive ketones (excluding diaryl/α,β-unsaturated/α-hetero) is 1. The molecule has 0 bridgehead atoms. The van der Waals surface area contributed by atoms with E-state index in [-0.39, 0.29) is 5.41 Å². The van der Waals surface area contributed by atoms with Crippen molar-refractivity contribution in [2.45, 2.75) is 41.0 Å². The van der Waals surface area contributed by atoms with Gasteiger partial charge in [0.25, 0.3) is 0 Å². The lowest BCUT2D eigenvalue weighted by Crippen LogP contribution is -2.18. The van der Waals surface area contributed by atoms with Crippen LogP contribution in [0.25, 0.3) is 0 Å². The first-order valence-corrected chi connectivity index (χ1v) is 3.80. The molecule has 0 aliphatic heterocycles. The first kappa shape index (κ1) is 12.9. The van der Waals surface area contributed by atoms with Crippen molar-refractivity contribution >= 4 is 5.78 Å². The third kappa shape index (κ3) is 9.23. The SMILES string of the molecule is C#CC.CCC(=O)C(C)(C)C. The van der Waals surface area contributed by atoms with E-state index in [0.717, 1.165) is 0 Å². The van der Waals surface area contributed by atoms with Gasteiger partial charge in [-0.15, -0.1) is 12.3 Å². The van der Waals surface area contributed by atoms with Gasteiger partial charge in [-0.3, -0.25) is 4.79 Å². The third-order valence-electron chi connectivity index (χ3n) is 1.16. The van der Waals surface area contributed by atoms with E-state index in [1.54, 1.807) is 6.92 Å². The van der Waals surface area contributed by atoms with E-state index in [9.17, 15) is 4.79 Å². The molecule has 0 aliphatic rings. The maximum Gasteiger partial charge on any atom is 0.137 e. The van der Waals surface area contributed by atoms with Crippen LogP contribution in [-0.4, -0.2) is 5.78 Å². The Morgan fingerprint density at radius 1 is 1.45 bits per heavy atom. The molecule has 0 aliphatic carbocycles. The van der Waals surface area contributed by atoms with Crippen molar-refractivity contribution in [2.75, 3.05) is 0 Å². The molecule has 0 saturated carbocycles. The second-order valence-corrected chi connectivity index (χ2v) is 3.32. The second-order valence-electron chi connectivity index (χ2n) is 3.32. The summed E-state index contributed by atoms with van der Waals surface area (Å²) in [6.07, 6.45) is 5.25. The van der Waals surface area contributed by atoms with Gasteiger partial charge in [0, 0.05) is 11.8 Å². The summed E-state index contributed by atoms with van der Waals surface area (Å²) >= 11 is 0. The Morgan fingerprint density at radius 2 is 1.73 bits per heavy atom. The van der Waals surface area contributed by atoms with E-state index < -0.39 is 0 Å². The zero-order valence-electron chi connectivity index (χ0n) is 8.19. The molecule has 0 radical (unpaired) electrons. The molecule has 0 atom stereocenters. The lowest BCUT2D eigenvalue weighted by Gasteiger charge is -2.13. The maximum atomic E-state index is 10.8. The standard InChI is InChI=1S/C7H14O.C3H4/c1-5-6(8)7(2,3)4;1-3-2/h5H2,1-4H3;1H,2H3. The molecule has 0 rings (SSSR count). The highest BCUT2D eigenvalue weighted by molar-refractivity contribution is 5.83. The number of hydrogen-bond donors (Lipinski definition) is 0. The average molecular weight is 154 g/mol. The summed E-state index contributed by atoms with van der Waals surface area (Å²) in [7, 11) is 0. The average Bonchev–Trinajstić information content (AvgIpc) is 1.86. The Morgan fingerprint density at radius 3 is 1.73 bits per heavy atom. The quantitative estimate of drug-likeness (QED) is 0.531. The first-order chi connectivity index (χ1) is 4.90. The predicted molar refractivity (Wildman–Crippen MR) is 49.3 cm³/mol. The van der Waals surface area contributed by atoms with Crippen LogP contribution in [-0.2, 0) is 4.79 Å². The minimum absolute atomic E-state index is 0.130. The summed E-state index contributed by atoms with van der Waals surface area (Å²) in [4.78, 5) is 10.8. The van der Waals surface area contributed by atoms with Crippen molar-refractivity contribution in [2.24, 2.45) is 5.41 Å². The van der Waals surface area contributed by atoms with Crippen LogP contribution in [0.15, 0.2) is 0 Å². The first-order valence-electron chi connectivity index (χ1n) is 3.80. The molecule has 0 heterocycles. The van der Waals surface area contributed by atoms with Crippen LogP contribution in [0.4, 0.5) is 0 Å². The molecular formula is C10H18O. The molecule has 0 saturated heterocycles. The fourth-order valence-corrected chi connectivity index (χ4v) is 0.530. The Kier molecular flexibility index (Phi) is 6.99. The highest BCUT2D eigenvalue weighted by Gasteiger charge is 2.17. The van der Waals surface area contributed by atoms with Crippen molar-refractivity contribution in [1.29, 1.82) is 0 Å². The molecule has 0 aromatic carbocycles. The molecule has 0 fully saturated rings. The largest absolute Gasteiger partial charge is 0.299 e. The van der Waals surface area contributed by atoms with Gasteiger partial charge >= 0.3 is 0 Å². The van der Waals surface area contributed by atoms with Crippen LogP contribution in [0.2, 0.25) is 0 Å². The second kappa shape index (κ2) is 5.97. The molecule has 0 aromatic heterocycles. The molecule has 0 amide bonds. The van der Waals surface area contributed by atoms with Crippen LogP contribution in [0.1, 0.15) is 41.0 Å². The summed E-state index contributed by atoms with van der Waals surface area (Å²) in [6, 6.07) is 0. The molecular weight excluding hydrogens is 136 g/mol.